The zero-order valence-electron chi connectivity index (χ0n) is 19.4. The molecule has 35 heavy (non-hydrogen) atoms. The van der Waals surface area contributed by atoms with Crippen LogP contribution in [0.4, 0.5) is 10.4 Å². The lowest BCUT2D eigenvalue weighted by Gasteiger charge is -2.32. The van der Waals surface area contributed by atoms with Crippen LogP contribution in [0.3, 0.4) is 0 Å². The fourth-order valence-electron chi connectivity index (χ4n) is 3.79. The maximum atomic E-state index is 15.0. The van der Waals surface area contributed by atoms with Crippen molar-refractivity contribution in [3.8, 4) is 16.5 Å². The summed E-state index contributed by atoms with van der Waals surface area (Å²) in [5.74, 6) is 0.732. The summed E-state index contributed by atoms with van der Waals surface area (Å²) in [5.41, 5.74) is 2.12. The van der Waals surface area contributed by atoms with Crippen LogP contribution >= 0.6 is 11.3 Å². The van der Waals surface area contributed by atoms with Gasteiger partial charge in [0.25, 0.3) is 5.19 Å². The molecular formula is C23H24FN5O4S2. The minimum absolute atomic E-state index is 0.0984. The SMILES string of the molecule is CC(C)c1noc(N2CCC(Oc3nc4ccc(-c5ccc(S(C)(=O)=O)cc5)nc4s3)C(F)C2)n1. The molecule has 2 unspecified atom stereocenters. The number of piperidine rings is 1. The number of benzene rings is 1. The number of pyridine rings is 1. The first-order chi connectivity index (χ1) is 16.7. The average molecular weight is 518 g/mol. The number of nitrogens with zero attached hydrogens (tertiary/aromatic N) is 5. The van der Waals surface area contributed by atoms with E-state index in [1.165, 1.54) is 17.6 Å². The number of rotatable bonds is 6. The second-order valence-electron chi connectivity index (χ2n) is 8.79. The van der Waals surface area contributed by atoms with Crippen LogP contribution < -0.4 is 9.64 Å². The molecule has 0 bridgehead atoms. The van der Waals surface area contributed by atoms with E-state index >= 15 is 0 Å². The van der Waals surface area contributed by atoms with Crippen molar-refractivity contribution in [2.45, 2.75) is 43.4 Å². The van der Waals surface area contributed by atoms with E-state index in [0.29, 0.717) is 46.0 Å². The number of anilines is 1. The maximum Gasteiger partial charge on any atom is 0.324 e. The fourth-order valence-corrected chi connectivity index (χ4v) is 5.26. The van der Waals surface area contributed by atoms with Crippen LogP contribution in [0.25, 0.3) is 21.6 Å². The molecule has 4 aromatic rings. The van der Waals surface area contributed by atoms with Gasteiger partial charge in [0.15, 0.2) is 21.8 Å². The van der Waals surface area contributed by atoms with Crippen molar-refractivity contribution in [1.82, 2.24) is 20.1 Å². The summed E-state index contributed by atoms with van der Waals surface area (Å²) < 4.78 is 49.5. The van der Waals surface area contributed by atoms with Crippen molar-refractivity contribution in [2.24, 2.45) is 0 Å². The highest BCUT2D eigenvalue weighted by Crippen LogP contribution is 2.32. The largest absolute Gasteiger partial charge is 0.463 e. The predicted octanol–water partition coefficient (Wildman–Crippen LogP) is 4.26. The standard InChI is InChI=1S/C23H24FN5O4S2/c1-13(2)20-27-22(33-28-20)29-11-10-19(16(24)12-29)32-23-26-18-9-8-17(25-21(18)34-23)14-4-6-15(7-5-14)35(3,30)31/h4-9,13,16,19H,10-12H2,1-3H3. The van der Waals surface area contributed by atoms with Gasteiger partial charge in [-0.3, -0.25) is 0 Å². The molecule has 2 atom stereocenters. The van der Waals surface area contributed by atoms with Crippen molar-refractivity contribution in [3.05, 3.63) is 42.2 Å². The summed E-state index contributed by atoms with van der Waals surface area (Å²) in [4.78, 5) is 16.1. The zero-order chi connectivity index (χ0) is 24.7. The van der Waals surface area contributed by atoms with E-state index in [4.69, 9.17) is 9.26 Å². The molecule has 1 saturated heterocycles. The van der Waals surface area contributed by atoms with Crippen LogP contribution in [0.15, 0.2) is 45.8 Å². The summed E-state index contributed by atoms with van der Waals surface area (Å²) in [6, 6.07) is 10.5. The Labute approximate surface area is 205 Å². The van der Waals surface area contributed by atoms with Crippen LogP contribution in [0.5, 0.6) is 5.19 Å². The molecule has 0 spiro atoms. The Morgan fingerprint density at radius 2 is 1.91 bits per heavy atom. The van der Waals surface area contributed by atoms with E-state index in [1.54, 1.807) is 29.2 Å². The summed E-state index contributed by atoms with van der Waals surface area (Å²) in [7, 11) is -3.26. The lowest BCUT2D eigenvalue weighted by atomic mass is 10.1. The molecule has 1 aliphatic rings. The number of sulfone groups is 1. The normalized spacial score (nSPS) is 18.9. The molecule has 1 aromatic carbocycles. The van der Waals surface area contributed by atoms with E-state index in [-0.39, 0.29) is 17.4 Å². The monoisotopic (exact) mass is 517 g/mol. The highest BCUT2D eigenvalue weighted by atomic mass is 32.2. The lowest BCUT2D eigenvalue weighted by molar-refractivity contribution is 0.0802. The van der Waals surface area contributed by atoms with Crippen LogP contribution in [-0.2, 0) is 9.84 Å². The van der Waals surface area contributed by atoms with Crippen molar-refractivity contribution in [1.29, 1.82) is 0 Å². The second-order valence-corrected chi connectivity index (χ2v) is 11.7. The maximum absolute atomic E-state index is 15.0. The van der Waals surface area contributed by atoms with Crippen molar-refractivity contribution < 1.29 is 22.1 Å². The summed E-state index contributed by atoms with van der Waals surface area (Å²) in [6.07, 6.45) is -0.267. The minimum atomic E-state index is -3.26. The summed E-state index contributed by atoms with van der Waals surface area (Å²) >= 11 is 1.25. The Kier molecular flexibility index (Phi) is 6.18. The zero-order valence-corrected chi connectivity index (χ0v) is 21.0. The smallest absolute Gasteiger partial charge is 0.324 e. The first-order valence-electron chi connectivity index (χ1n) is 11.1. The number of aromatic nitrogens is 4. The van der Waals surface area contributed by atoms with Gasteiger partial charge in [-0.1, -0.05) is 42.5 Å². The number of thiazole rings is 1. The van der Waals surface area contributed by atoms with E-state index in [9.17, 15) is 12.8 Å². The van der Waals surface area contributed by atoms with E-state index < -0.39 is 22.1 Å². The third kappa shape index (κ3) is 4.98. The molecule has 1 fully saturated rings. The number of alkyl halides is 1. The van der Waals surface area contributed by atoms with E-state index in [1.807, 2.05) is 26.0 Å². The van der Waals surface area contributed by atoms with E-state index in [2.05, 4.69) is 20.1 Å². The van der Waals surface area contributed by atoms with Gasteiger partial charge in [-0.2, -0.15) is 4.98 Å². The number of fused-ring (bicyclic) bond motifs is 1. The van der Waals surface area contributed by atoms with Crippen LogP contribution in [0.2, 0.25) is 0 Å². The highest BCUT2D eigenvalue weighted by Gasteiger charge is 2.34. The minimum Gasteiger partial charge on any atom is -0.463 e. The molecule has 9 nitrogen and oxygen atoms in total. The van der Waals surface area contributed by atoms with Crippen molar-refractivity contribution in [3.63, 3.8) is 0 Å². The van der Waals surface area contributed by atoms with Gasteiger partial charge in [-0.05, 0) is 24.3 Å². The molecule has 0 aliphatic carbocycles. The first kappa shape index (κ1) is 23.6. The number of ether oxygens (including phenoxy) is 1. The molecule has 0 saturated carbocycles. The van der Waals surface area contributed by atoms with Crippen LogP contribution in [0.1, 0.15) is 32.0 Å². The molecule has 0 radical (unpaired) electrons. The molecule has 12 heteroatoms. The fraction of sp³-hybridized carbons (Fsp3) is 0.391. The van der Waals surface area contributed by atoms with Gasteiger partial charge < -0.3 is 14.2 Å². The van der Waals surface area contributed by atoms with Crippen molar-refractivity contribution >= 4 is 37.5 Å². The Morgan fingerprint density at radius 3 is 2.57 bits per heavy atom. The number of halogens is 1. The molecule has 1 aliphatic heterocycles. The summed E-state index contributed by atoms with van der Waals surface area (Å²) in [5, 5.41) is 4.31. The van der Waals surface area contributed by atoms with Crippen molar-refractivity contribution in [2.75, 3.05) is 24.2 Å². The van der Waals surface area contributed by atoms with Gasteiger partial charge in [-0.15, -0.1) is 0 Å². The van der Waals surface area contributed by atoms with Gasteiger partial charge >= 0.3 is 6.01 Å². The van der Waals surface area contributed by atoms with Gasteiger partial charge in [0.2, 0.25) is 0 Å². The van der Waals surface area contributed by atoms with Gasteiger partial charge in [-0.25, -0.2) is 22.8 Å². The van der Waals surface area contributed by atoms with Crippen LogP contribution in [-0.4, -0.2) is 60.1 Å². The Morgan fingerprint density at radius 1 is 1.14 bits per heavy atom. The molecule has 3 aromatic heterocycles. The Bertz CT molecular complexity index is 1450. The molecule has 184 valence electrons. The molecule has 0 amide bonds. The molecule has 4 heterocycles. The van der Waals surface area contributed by atoms with Gasteiger partial charge in [0, 0.05) is 30.7 Å². The molecule has 0 N–H and O–H groups in total. The quantitative estimate of drug-likeness (QED) is 0.370. The van der Waals surface area contributed by atoms with E-state index in [0.717, 1.165) is 5.56 Å². The Balaban J connectivity index is 1.27. The topological polar surface area (TPSA) is 111 Å². The second kappa shape index (κ2) is 9.15. The number of hydrogen-bond donors (Lipinski definition) is 0. The van der Waals surface area contributed by atoms with Gasteiger partial charge in [0.1, 0.15) is 16.5 Å². The summed E-state index contributed by atoms with van der Waals surface area (Å²) in [6.45, 7) is 4.57. The Hall–Kier alpha value is -3.12. The average Bonchev–Trinajstić information content (AvgIpc) is 3.46. The highest BCUT2D eigenvalue weighted by molar-refractivity contribution is 7.90. The third-order valence-corrected chi connectivity index (χ3v) is 7.75. The van der Waals surface area contributed by atoms with Gasteiger partial charge in [0.05, 0.1) is 17.1 Å². The number of hydrogen-bond acceptors (Lipinski definition) is 10. The third-order valence-electron chi connectivity index (χ3n) is 5.77. The lowest BCUT2D eigenvalue weighted by Crippen LogP contribution is -2.47. The molecular weight excluding hydrogens is 493 g/mol. The molecule has 5 rings (SSSR count). The van der Waals surface area contributed by atoms with Crippen LogP contribution in [0, 0.1) is 0 Å². The predicted molar refractivity (Wildman–Crippen MR) is 130 cm³/mol. The first-order valence-corrected chi connectivity index (χ1v) is 13.9.